The molecule has 100 valence electrons. The van der Waals surface area contributed by atoms with E-state index in [4.69, 9.17) is 5.11 Å². The third-order valence-electron chi connectivity index (χ3n) is 3.15. The molecule has 0 spiro atoms. The van der Waals surface area contributed by atoms with E-state index in [1.807, 2.05) is 6.08 Å². The second-order valence-corrected chi connectivity index (χ2v) is 4.42. The van der Waals surface area contributed by atoms with Crippen molar-refractivity contribution in [2.45, 2.75) is 12.8 Å². The summed E-state index contributed by atoms with van der Waals surface area (Å²) in [5, 5.41) is 19.4. The molecule has 1 aromatic carbocycles. The lowest BCUT2D eigenvalue weighted by atomic mass is 10.0. The summed E-state index contributed by atoms with van der Waals surface area (Å²) < 4.78 is 0. The molecule has 0 saturated carbocycles. The number of rotatable bonds is 2. The molecule has 1 aliphatic heterocycles. The minimum Gasteiger partial charge on any atom is -0.465 e. The number of nitro benzene ring substituents is 1. The lowest BCUT2D eigenvalue weighted by Gasteiger charge is -2.25. The van der Waals surface area contributed by atoms with Crippen molar-refractivity contribution in [3.63, 3.8) is 0 Å². The molecule has 0 atom stereocenters. The van der Waals surface area contributed by atoms with Crippen LogP contribution in [0, 0.1) is 10.1 Å². The van der Waals surface area contributed by atoms with Crippen LogP contribution >= 0.6 is 0 Å². The minimum absolute atomic E-state index is 0.0721. The first-order valence-corrected chi connectivity index (χ1v) is 5.98. The molecule has 0 aromatic heterocycles. The van der Waals surface area contributed by atoms with E-state index in [-0.39, 0.29) is 5.69 Å². The van der Waals surface area contributed by atoms with Crippen LogP contribution in [0.2, 0.25) is 0 Å². The predicted molar refractivity (Wildman–Crippen MR) is 69.9 cm³/mol. The van der Waals surface area contributed by atoms with Crippen LogP contribution in [0.5, 0.6) is 0 Å². The largest absolute Gasteiger partial charge is 0.465 e. The molecule has 1 N–H and O–H groups in total. The zero-order valence-electron chi connectivity index (χ0n) is 10.3. The van der Waals surface area contributed by atoms with Crippen LogP contribution in [0.25, 0.3) is 6.08 Å². The van der Waals surface area contributed by atoms with Gasteiger partial charge in [-0.2, -0.15) is 0 Å². The molecule has 19 heavy (non-hydrogen) atoms. The van der Waals surface area contributed by atoms with E-state index in [1.54, 1.807) is 12.1 Å². The van der Waals surface area contributed by atoms with Gasteiger partial charge in [0.1, 0.15) is 0 Å². The maximum absolute atomic E-state index is 10.8. The van der Waals surface area contributed by atoms with E-state index in [0.29, 0.717) is 25.9 Å². The Morgan fingerprint density at radius 3 is 2.32 bits per heavy atom. The van der Waals surface area contributed by atoms with Crippen molar-refractivity contribution < 1.29 is 14.8 Å². The van der Waals surface area contributed by atoms with Crippen LogP contribution in [-0.4, -0.2) is 34.1 Å². The monoisotopic (exact) mass is 262 g/mol. The van der Waals surface area contributed by atoms with Crippen molar-refractivity contribution >= 4 is 17.9 Å². The van der Waals surface area contributed by atoms with Gasteiger partial charge in [-0.15, -0.1) is 0 Å². The SMILES string of the molecule is O=C(O)N1CCC(=Cc2ccc([N+](=O)[O-])cc2)CC1. The van der Waals surface area contributed by atoms with Gasteiger partial charge in [0, 0.05) is 25.2 Å². The average Bonchev–Trinajstić information content (AvgIpc) is 2.40. The quantitative estimate of drug-likeness (QED) is 0.656. The fourth-order valence-corrected chi connectivity index (χ4v) is 2.06. The van der Waals surface area contributed by atoms with Gasteiger partial charge in [0.25, 0.3) is 5.69 Å². The molecular weight excluding hydrogens is 248 g/mol. The van der Waals surface area contributed by atoms with Crippen LogP contribution in [0.1, 0.15) is 18.4 Å². The zero-order valence-corrected chi connectivity index (χ0v) is 10.3. The summed E-state index contributed by atoms with van der Waals surface area (Å²) >= 11 is 0. The Morgan fingerprint density at radius 2 is 1.84 bits per heavy atom. The molecular formula is C13H14N2O4. The van der Waals surface area contributed by atoms with Gasteiger partial charge in [-0.25, -0.2) is 4.79 Å². The highest BCUT2D eigenvalue weighted by molar-refractivity contribution is 5.65. The van der Waals surface area contributed by atoms with Gasteiger partial charge in [0.05, 0.1) is 4.92 Å². The lowest BCUT2D eigenvalue weighted by Crippen LogP contribution is -2.35. The molecule has 1 aromatic rings. The van der Waals surface area contributed by atoms with E-state index in [9.17, 15) is 14.9 Å². The van der Waals surface area contributed by atoms with Crippen molar-refractivity contribution in [1.29, 1.82) is 0 Å². The Hall–Kier alpha value is -2.37. The normalized spacial score (nSPS) is 15.2. The van der Waals surface area contributed by atoms with Gasteiger partial charge < -0.3 is 10.0 Å². The number of carboxylic acid groups (broad SMARTS) is 1. The van der Waals surface area contributed by atoms with Crippen molar-refractivity contribution in [2.75, 3.05) is 13.1 Å². The maximum Gasteiger partial charge on any atom is 0.407 e. The maximum atomic E-state index is 10.8. The van der Waals surface area contributed by atoms with Crippen LogP contribution < -0.4 is 0 Å². The fraction of sp³-hybridized carbons (Fsp3) is 0.308. The molecule has 1 fully saturated rings. The summed E-state index contributed by atoms with van der Waals surface area (Å²) in [6.07, 6.45) is 2.52. The van der Waals surface area contributed by atoms with Crippen LogP contribution in [0.4, 0.5) is 10.5 Å². The molecule has 1 amide bonds. The summed E-state index contributed by atoms with van der Waals surface area (Å²) in [6, 6.07) is 6.35. The van der Waals surface area contributed by atoms with Crippen molar-refractivity contribution in [2.24, 2.45) is 0 Å². The van der Waals surface area contributed by atoms with Gasteiger partial charge in [-0.3, -0.25) is 10.1 Å². The number of nitro groups is 1. The van der Waals surface area contributed by atoms with Gasteiger partial charge in [-0.05, 0) is 30.5 Å². The molecule has 0 aliphatic carbocycles. The highest BCUT2D eigenvalue weighted by Crippen LogP contribution is 2.20. The number of hydrogen-bond donors (Lipinski definition) is 1. The Morgan fingerprint density at radius 1 is 1.26 bits per heavy atom. The highest BCUT2D eigenvalue weighted by atomic mass is 16.6. The van der Waals surface area contributed by atoms with Gasteiger partial charge in [0.15, 0.2) is 0 Å². The van der Waals surface area contributed by atoms with Crippen molar-refractivity contribution in [3.05, 3.63) is 45.5 Å². The first-order valence-electron chi connectivity index (χ1n) is 5.98. The van der Waals surface area contributed by atoms with E-state index in [1.165, 1.54) is 22.6 Å². The Bertz CT molecular complexity index is 512. The van der Waals surface area contributed by atoms with Crippen molar-refractivity contribution in [1.82, 2.24) is 4.90 Å². The van der Waals surface area contributed by atoms with E-state index < -0.39 is 11.0 Å². The second kappa shape index (κ2) is 5.51. The summed E-state index contributed by atoms with van der Waals surface area (Å²) in [6.45, 7) is 1.02. The molecule has 2 rings (SSSR count). The average molecular weight is 262 g/mol. The Balaban J connectivity index is 2.02. The smallest absolute Gasteiger partial charge is 0.407 e. The lowest BCUT2D eigenvalue weighted by molar-refractivity contribution is -0.384. The Labute approximate surface area is 110 Å². The molecule has 1 aliphatic rings. The number of carbonyl (C=O) groups is 1. The first kappa shape index (κ1) is 13.1. The second-order valence-electron chi connectivity index (χ2n) is 4.42. The van der Waals surface area contributed by atoms with Gasteiger partial charge in [-0.1, -0.05) is 11.6 Å². The van der Waals surface area contributed by atoms with Crippen LogP contribution in [0.3, 0.4) is 0 Å². The predicted octanol–water partition coefficient (Wildman–Crippen LogP) is 2.75. The summed E-state index contributed by atoms with van der Waals surface area (Å²) in [5.41, 5.74) is 2.15. The van der Waals surface area contributed by atoms with Crippen LogP contribution in [0.15, 0.2) is 29.8 Å². The van der Waals surface area contributed by atoms with E-state index in [2.05, 4.69) is 0 Å². The number of non-ortho nitro benzene ring substituents is 1. The van der Waals surface area contributed by atoms with Gasteiger partial charge >= 0.3 is 6.09 Å². The summed E-state index contributed by atoms with van der Waals surface area (Å²) in [4.78, 5) is 22.3. The third kappa shape index (κ3) is 3.31. The minimum atomic E-state index is -0.880. The fourth-order valence-electron chi connectivity index (χ4n) is 2.06. The van der Waals surface area contributed by atoms with E-state index >= 15 is 0 Å². The molecule has 6 nitrogen and oxygen atoms in total. The number of benzene rings is 1. The topological polar surface area (TPSA) is 83.7 Å². The summed E-state index contributed by atoms with van der Waals surface area (Å²) in [7, 11) is 0. The molecule has 6 heteroatoms. The number of piperidine rings is 1. The Kier molecular flexibility index (Phi) is 3.79. The zero-order chi connectivity index (χ0) is 13.8. The number of nitrogens with zero attached hydrogens (tertiary/aromatic N) is 2. The standard InChI is InChI=1S/C13H14N2O4/c16-13(17)14-7-5-11(6-8-14)9-10-1-3-12(4-2-10)15(18)19/h1-4,9H,5-8H2,(H,16,17). The summed E-state index contributed by atoms with van der Waals surface area (Å²) in [5.74, 6) is 0. The molecule has 0 radical (unpaired) electrons. The molecule has 1 saturated heterocycles. The third-order valence-corrected chi connectivity index (χ3v) is 3.15. The van der Waals surface area contributed by atoms with Crippen molar-refractivity contribution in [3.8, 4) is 0 Å². The highest BCUT2D eigenvalue weighted by Gasteiger charge is 2.17. The van der Waals surface area contributed by atoms with E-state index in [0.717, 1.165) is 5.56 Å². The number of amides is 1. The molecule has 0 unspecified atom stereocenters. The number of likely N-dealkylation sites (tertiary alicyclic amines) is 1. The molecule has 1 heterocycles. The number of hydrogen-bond acceptors (Lipinski definition) is 3. The first-order chi connectivity index (χ1) is 9.06. The molecule has 0 bridgehead atoms. The van der Waals surface area contributed by atoms with Gasteiger partial charge in [0.2, 0.25) is 0 Å². The van der Waals surface area contributed by atoms with Crippen LogP contribution in [-0.2, 0) is 0 Å².